The van der Waals surface area contributed by atoms with E-state index in [9.17, 15) is 18.0 Å². The second-order valence-electron chi connectivity index (χ2n) is 6.92. The summed E-state index contributed by atoms with van der Waals surface area (Å²) in [6, 6.07) is 6.14. The number of halogens is 4. The van der Waals surface area contributed by atoms with E-state index in [1.54, 1.807) is 23.0 Å². The van der Waals surface area contributed by atoms with Crippen LogP contribution in [-0.2, 0) is 17.9 Å². The van der Waals surface area contributed by atoms with E-state index in [0.29, 0.717) is 17.9 Å². The first-order valence-electron chi connectivity index (χ1n) is 9.01. The number of benzene rings is 1. The zero-order valence-electron chi connectivity index (χ0n) is 15.2. The van der Waals surface area contributed by atoms with Gasteiger partial charge in [-0.1, -0.05) is 23.7 Å². The van der Waals surface area contributed by atoms with Crippen LogP contribution in [0.15, 0.2) is 36.7 Å². The maximum atomic E-state index is 13.3. The lowest BCUT2D eigenvalue weighted by molar-refractivity contribution is -0.117. The first kappa shape index (κ1) is 19.5. The number of carbonyl (C=O) groups excluding carboxylic acids is 1. The highest BCUT2D eigenvalue weighted by Crippen LogP contribution is 2.45. The Balaban J connectivity index is 1.43. The van der Waals surface area contributed by atoms with Crippen LogP contribution >= 0.6 is 11.6 Å². The summed E-state index contributed by atoms with van der Waals surface area (Å²) in [6.07, 6.45) is 1.93. The molecule has 0 unspecified atom stereocenters. The molecule has 2 aromatic heterocycles. The van der Waals surface area contributed by atoms with Crippen molar-refractivity contribution in [2.45, 2.75) is 38.3 Å². The largest absolute Gasteiger partial charge is 0.322 e. The molecule has 1 aromatic carbocycles. The van der Waals surface area contributed by atoms with Gasteiger partial charge >= 0.3 is 0 Å². The molecule has 0 saturated heterocycles. The van der Waals surface area contributed by atoms with Gasteiger partial charge in [0.15, 0.2) is 0 Å². The van der Waals surface area contributed by atoms with Gasteiger partial charge in [0, 0.05) is 12.1 Å². The number of rotatable bonds is 7. The van der Waals surface area contributed by atoms with E-state index in [-0.39, 0.29) is 23.3 Å². The zero-order chi connectivity index (χ0) is 20.5. The quantitative estimate of drug-likeness (QED) is 0.613. The first-order valence-corrected chi connectivity index (χ1v) is 9.39. The molecule has 1 amide bonds. The molecule has 1 aliphatic carbocycles. The van der Waals surface area contributed by atoms with Gasteiger partial charge < -0.3 is 5.32 Å². The molecule has 10 heteroatoms. The number of carbonyl (C=O) groups is 1. The van der Waals surface area contributed by atoms with Gasteiger partial charge in [-0.2, -0.15) is 10.2 Å². The van der Waals surface area contributed by atoms with Gasteiger partial charge in [0.25, 0.3) is 6.43 Å². The van der Waals surface area contributed by atoms with Crippen molar-refractivity contribution >= 4 is 23.2 Å². The summed E-state index contributed by atoms with van der Waals surface area (Å²) in [7, 11) is 0. The third-order valence-electron chi connectivity index (χ3n) is 4.57. The van der Waals surface area contributed by atoms with E-state index in [4.69, 9.17) is 11.6 Å². The van der Waals surface area contributed by atoms with Gasteiger partial charge in [-0.05, 0) is 30.5 Å². The van der Waals surface area contributed by atoms with Crippen LogP contribution < -0.4 is 5.32 Å². The molecule has 1 fully saturated rings. The number of nitrogens with zero attached hydrogens (tertiary/aromatic N) is 4. The average Bonchev–Trinajstić information content (AvgIpc) is 3.31. The Morgan fingerprint density at radius 1 is 1.34 bits per heavy atom. The Morgan fingerprint density at radius 2 is 2.14 bits per heavy atom. The molecule has 3 aromatic rings. The highest BCUT2D eigenvalue weighted by atomic mass is 35.5. The molecule has 0 bridgehead atoms. The minimum absolute atomic E-state index is 0.0572. The third kappa shape index (κ3) is 4.45. The molecule has 1 N–H and O–H groups in total. The van der Waals surface area contributed by atoms with Crippen LogP contribution in [0.1, 0.15) is 42.1 Å². The van der Waals surface area contributed by atoms with Crippen molar-refractivity contribution in [2.24, 2.45) is 0 Å². The van der Waals surface area contributed by atoms with Crippen molar-refractivity contribution in [3.63, 3.8) is 0 Å². The Kier molecular flexibility index (Phi) is 5.31. The lowest BCUT2D eigenvalue weighted by atomic mass is 10.2. The molecule has 0 spiro atoms. The normalized spacial score (nSPS) is 13.8. The molecule has 1 aliphatic rings. The van der Waals surface area contributed by atoms with E-state index in [0.717, 1.165) is 18.4 Å². The van der Waals surface area contributed by atoms with Crippen LogP contribution in [-0.4, -0.2) is 25.5 Å². The fraction of sp³-hybridized carbons (Fsp3) is 0.316. The summed E-state index contributed by atoms with van der Waals surface area (Å²) in [6.45, 7) is 0.110. The molecule has 4 rings (SSSR count). The number of hydrogen-bond donors (Lipinski definition) is 1. The Labute approximate surface area is 169 Å². The van der Waals surface area contributed by atoms with E-state index in [1.807, 2.05) is 0 Å². The van der Waals surface area contributed by atoms with Crippen molar-refractivity contribution in [3.8, 4) is 0 Å². The fourth-order valence-electron chi connectivity index (χ4n) is 3.15. The Bertz CT molecular complexity index is 1040. The molecular formula is C19H17ClF3N5O. The van der Waals surface area contributed by atoms with Gasteiger partial charge in [0.05, 0.1) is 29.1 Å². The van der Waals surface area contributed by atoms with Crippen LogP contribution in [0.4, 0.5) is 18.9 Å². The number of alkyl halides is 2. The van der Waals surface area contributed by atoms with Crippen LogP contribution in [0.25, 0.3) is 0 Å². The second kappa shape index (κ2) is 7.90. The van der Waals surface area contributed by atoms with Gasteiger partial charge in [0.2, 0.25) is 5.91 Å². The molecule has 0 radical (unpaired) electrons. The number of nitrogens with one attached hydrogen (secondary N) is 1. The number of aromatic nitrogens is 4. The van der Waals surface area contributed by atoms with Gasteiger partial charge in [-0.15, -0.1) is 0 Å². The van der Waals surface area contributed by atoms with E-state index in [2.05, 4.69) is 15.5 Å². The van der Waals surface area contributed by atoms with Crippen LogP contribution in [0.2, 0.25) is 5.02 Å². The number of amides is 1. The van der Waals surface area contributed by atoms with E-state index in [1.165, 1.54) is 23.0 Å². The van der Waals surface area contributed by atoms with Gasteiger partial charge in [-0.25, -0.2) is 13.2 Å². The molecule has 1 saturated carbocycles. The first-order chi connectivity index (χ1) is 13.9. The number of hydrogen-bond acceptors (Lipinski definition) is 3. The van der Waals surface area contributed by atoms with E-state index < -0.39 is 18.0 Å². The maximum Gasteiger partial charge on any atom is 0.283 e. The monoisotopic (exact) mass is 423 g/mol. The predicted molar refractivity (Wildman–Crippen MR) is 101 cm³/mol. The average molecular weight is 424 g/mol. The van der Waals surface area contributed by atoms with Crippen molar-refractivity contribution < 1.29 is 18.0 Å². The fourth-order valence-corrected chi connectivity index (χ4v) is 3.52. The SMILES string of the molecule is O=C(Cn1nc(C(F)F)c(Cl)c1C1CC1)Nc1cnn(Cc2cccc(F)c2)c1. The summed E-state index contributed by atoms with van der Waals surface area (Å²) in [5, 5.41) is 10.6. The Morgan fingerprint density at radius 3 is 2.83 bits per heavy atom. The minimum Gasteiger partial charge on any atom is -0.322 e. The molecular weight excluding hydrogens is 407 g/mol. The van der Waals surface area contributed by atoms with Crippen LogP contribution in [0, 0.1) is 5.82 Å². The lowest BCUT2D eigenvalue weighted by Crippen LogP contribution is -2.20. The van der Waals surface area contributed by atoms with Gasteiger partial charge in [-0.3, -0.25) is 14.2 Å². The van der Waals surface area contributed by atoms with Crippen LogP contribution in [0.3, 0.4) is 0 Å². The molecule has 2 heterocycles. The summed E-state index contributed by atoms with van der Waals surface area (Å²) >= 11 is 6.06. The van der Waals surface area contributed by atoms with Gasteiger partial charge in [0.1, 0.15) is 18.1 Å². The summed E-state index contributed by atoms with van der Waals surface area (Å²) in [5.74, 6) is -0.711. The molecule has 6 nitrogen and oxygen atoms in total. The zero-order valence-corrected chi connectivity index (χ0v) is 15.9. The molecule has 0 atom stereocenters. The Hall–Kier alpha value is -2.81. The van der Waals surface area contributed by atoms with Crippen molar-refractivity contribution in [3.05, 3.63) is 64.5 Å². The summed E-state index contributed by atoms with van der Waals surface area (Å²) < 4.78 is 42.3. The topological polar surface area (TPSA) is 64.7 Å². The standard InChI is InChI=1S/C19H17ClF3N5O/c20-16-17(19(22)23)26-28(18(16)12-4-5-12)10-15(29)25-14-7-24-27(9-14)8-11-2-1-3-13(21)6-11/h1-3,6-7,9,12,19H,4-5,8,10H2,(H,25,29). The summed E-state index contributed by atoms with van der Waals surface area (Å²) in [4.78, 5) is 12.4. The maximum absolute atomic E-state index is 13.3. The van der Waals surface area contributed by atoms with Crippen molar-refractivity contribution in [1.82, 2.24) is 19.6 Å². The minimum atomic E-state index is -2.80. The summed E-state index contributed by atoms with van der Waals surface area (Å²) in [5.41, 5.74) is 1.15. The predicted octanol–water partition coefficient (Wildman–Crippen LogP) is 4.37. The highest BCUT2D eigenvalue weighted by Gasteiger charge is 2.34. The molecule has 152 valence electrons. The molecule has 0 aliphatic heterocycles. The van der Waals surface area contributed by atoms with Crippen molar-refractivity contribution in [1.29, 1.82) is 0 Å². The highest BCUT2D eigenvalue weighted by molar-refractivity contribution is 6.32. The van der Waals surface area contributed by atoms with E-state index >= 15 is 0 Å². The second-order valence-corrected chi connectivity index (χ2v) is 7.30. The lowest BCUT2D eigenvalue weighted by Gasteiger charge is -2.07. The third-order valence-corrected chi connectivity index (χ3v) is 4.96. The molecule has 29 heavy (non-hydrogen) atoms. The smallest absolute Gasteiger partial charge is 0.283 e. The number of anilines is 1. The van der Waals surface area contributed by atoms with Crippen LogP contribution in [0.5, 0.6) is 0 Å². The van der Waals surface area contributed by atoms with Crippen molar-refractivity contribution in [2.75, 3.05) is 5.32 Å².